The third-order valence-electron chi connectivity index (χ3n) is 4.91. The largest absolute Gasteiger partial charge is 0.497 e. The predicted molar refractivity (Wildman–Crippen MR) is 143 cm³/mol. The molecule has 0 bridgehead atoms. The van der Waals surface area contributed by atoms with Gasteiger partial charge in [-0.3, -0.25) is 14.5 Å². The van der Waals surface area contributed by atoms with Crippen LogP contribution in [0.25, 0.3) is 6.08 Å². The van der Waals surface area contributed by atoms with Gasteiger partial charge in [0.05, 0.1) is 24.1 Å². The van der Waals surface area contributed by atoms with E-state index >= 15 is 0 Å². The lowest BCUT2D eigenvalue weighted by Gasteiger charge is -2.12. The molecule has 0 radical (unpaired) electrons. The van der Waals surface area contributed by atoms with Gasteiger partial charge in [0.25, 0.3) is 11.1 Å². The highest BCUT2D eigenvalue weighted by molar-refractivity contribution is 14.1. The van der Waals surface area contributed by atoms with Crippen LogP contribution < -0.4 is 9.47 Å². The molecule has 0 unspecified atom stereocenters. The summed E-state index contributed by atoms with van der Waals surface area (Å²) in [5.41, 5.74) is 1.71. The Hall–Kier alpha value is -2.63. The average Bonchev–Trinajstić information content (AvgIpc) is 3.09. The van der Waals surface area contributed by atoms with Gasteiger partial charge in [-0.15, -0.1) is 0 Å². The third kappa shape index (κ3) is 5.70. The molecule has 1 fully saturated rings. The number of esters is 1. The molecule has 172 valence electrons. The molecule has 1 aliphatic heterocycles. The lowest BCUT2D eigenvalue weighted by molar-refractivity contribution is -0.123. The zero-order valence-electron chi connectivity index (χ0n) is 17.8. The lowest BCUT2D eigenvalue weighted by atomic mass is 10.1. The molecular formula is C25H17BrINO5S. The average molecular weight is 650 g/mol. The van der Waals surface area contributed by atoms with E-state index in [2.05, 4.69) is 38.5 Å². The van der Waals surface area contributed by atoms with Crippen LogP contribution >= 0.6 is 50.3 Å². The Kier molecular flexibility index (Phi) is 7.74. The van der Waals surface area contributed by atoms with Gasteiger partial charge in [0.2, 0.25) is 0 Å². The fraction of sp³-hybridized carbons (Fsp3) is 0.0800. The summed E-state index contributed by atoms with van der Waals surface area (Å²) in [5, 5.41) is -0.346. The van der Waals surface area contributed by atoms with E-state index in [1.54, 1.807) is 55.7 Å². The molecule has 0 spiro atoms. The number of carbonyl (C=O) groups is 3. The minimum absolute atomic E-state index is 0.191. The number of imide groups is 1. The summed E-state index contributed by atoms with van der Waals surface area (Å²) >= 11 is 6.47. The maximum atomic E-state index is 13.0. The Morgan fingerprint density at radius 3 is 2.44 bits per heavy atom. The second-order valence-electron chi connectivity index (χ2n) is 7.19. The van der Waals surface area contributed by atoms with Crippen molar-refractivity contribution in [1.82, 2.24) is 4.90 Å². The molecule has 3 aromatic rings. The summed E-state index contributed by atoms with van der Waals surface area (Å²) in [6.45, 7) is 0.191. The minimum Gasteiger partial charge on any atom is -0.497 e. The number of rotatable bonds is 6. The van der Waals surface area contributed by atoms with Crippen LogP contribution in [0.3, 0.4) is 0 Å². The van der Waals surface area contributed by atoms with Crippen LogP contribution in [0.4, 0.5) is 4.79 Å². The summed E-state index contributed by atoms with van der Waals surface area (Å²) in [6.07, 6.45) is 1.57. The van der Waals surface area contributed by atoms with Gasteiger partial charge in [-0.2, -0.15) is 0 Å². The third-order valence-corrected chi connectivity index (χ3v) is 7.03. The number of nitrogens with zero attached hydrogens (tertiary/aromatic N) is 1. The number of hydrogen-bond acceptors (Lipinski definition) is 6. The zero-order chi connectivity index (χ0) is 24.2. The summed E-state index contributed by atoms with van der Waals surface area (Å²) in [7, 11) is 1.55. The molecule has 9 heteroatoms. The summed E-state index contributed by atoms with van der Waals surface area (Å²) < 4.78 is 12.5. The topological polar surface area (TPSA) is 72.9 Å². The first-order valence-corrected chi connectivity index (χ1v) is 12.7. The highest BCUT2D eigenvalue weighted by Crippen LogP contribution is 2.36. The molecule has 6 nitrogen and oxygen atoms in total. The van der Waals surface area contributed by atoms with Crippen molar-refractivity contribution in [2.24, 2.45) is 0 Å². The molecule has 0 N–H and O–H groups in total. The molecule has 2 amide bonds. The highest BCUT2D eigenvalue weighted by Gasteiger charge is 2.35. The van der Waals surface area contributed by atoms with Gasteiger partial charge in [-0.25, -0.2) is 4.79 Å². The normalized spacial score (nSPS) is 14.6. The van der Waals surface area contributed by atoms with Crippen molar-refractivity contribution in [3.63, 3.8) is 0 Å². The van der Waals surface area contributed by atoms with E-state index in [0.29, 0.717) is 16.9 Å². The van der Waals surface area contributed by atoms with Crippen molar-refractivity contribution in [2.75, 3.05) is 7.11 Å². The highest BCUT2D eigenvalue weighted by atomic mass is 127. The second kappa shape index (κ2) is 10.7. The first-order chi connectivity index (χ1) is 16.3. The van der Waals surface area contributed by atoms with Gasteiger partial charge >= 0.3 is 5.97 Å². The van der Waals surface area contributed by atoms with Gasteiger partial charge in [0, 0.05) is 13.6 Å². The van der Waals surface area contributed by atoms with Crippen LogP contribution in [0, 0.1) is 3.57 Å². The Morgan fingerprint density at radius 1 is 1.06 bits per heavy atom. The van der Waals surface area contributed by atoms with Crippen LogP contribution in [-0.2, 0) is 11.3 Å². The van der Waals surface area contributed by atoms with Crippen LogP contribution in [0.15, 0.2) is 76.1 Å². The predicted octanol–water partition coefficient (Wildman–Crippen LogP) is 6.52. The smallest absolute Gasteiger partial charge is 0.343 e. The van der Waals surface area contributed by atoms with E-state index in [9.17, 15) is 14.4 Å². The Balaban J connectivity index is 1.56. The van der Waals surface area contributed by atoms with Gasteiger partial charge in [0.15, 0.2) is 0 Å². The quantitative estimate of drug-likeness (QED) is 0.131. The summed E-state index contributed by atoms with van der Waals surface area (Å²) in [4.78, 5) is 39.6. The molecule has 34 heavy (non-hydrogen) atoms. The number of carbonyl (C=O) groups excluding carboxylic acids is 3. The molecule has 1 heterocycles. The maximum absolute atomic E-state index is 13.0. The molecule has 1 aliphatic rings. The van der Waals surface area contributed by atoms with Crippen molar-refractivity contribution in [2.45, 2.75) is 6.54 Å². The number of halogens is 2. The summed E-state index contributed by atoms with van der Waals surface area (Å²) in [6, 6.07) is 19.3. The van der Waals surface area contributed by atoms with Gasteiger partial charge in [-0.05, 0) is 101 Å². The summed E-state index contributed by atoms with van der Waals surface area (Å²) in [5.74, 6) is -0.0392. The number of thioether (sulfide) groups is 1. The molecular weight excluding hydrogens is 633 g/mol. The molecule has 0 atom stereocenters. The molecule has 3 aromatic carbocycles. The van der Waals surface area contributed by atoms with Crippen LogP contribution in [0.1, 0.15) is 21.5 Å². The van der Waals surface area contributed by atoms with Gasteiger partial charge in [0.1, 0.15) is 11.5 Å². The minimum atomic E-state index is -0.550. The second-order valence-corrected chi connectivity index (χ2v) is 10.3. The van der Waals surface area contributed by atoms with E-state index in [4.69, 9.17) is 9.47 Å². The van der Waals surface area contributed by atoms with Crippen molar-refractivity contribution in [1.29, 1.82) is 0 Å². The standard InChI is InChI=1S/C25H17BrINO5S/c1-32-20-9-4-16(5-10-20)24(30)33-21-11-6-18(26)12-17(21)13-22-23(29)28(25(31)34-22)14-15-2-7-19(27)8-3-15/h2-13H,14H2,1H3/b22-13-. The first kappa shape index (κ1) is 24.5. The fourth-order valence-corrected chi connectivity index (χ4v) is 4.73. The van der Waals surface area contributed by atoms with Crippen molar-refractivity contribution in [3.05, 3.63) is 96.4 Å². The van der Waals surface area contributed by atoms with Gasteiger partial charge < -0.3 is 9.47 Å². The monoisotopic (exact) mass is 649 g/mol. The number of ether oxygens (including phenoxy) is 2. The first-order valence-electron chi connectivity index (χ1n) is 9.99. The van der Waals surface area contributed by atoms with Gasteiger partial charge in [-0.1, -0.05) is 28.1 Å². The molecule has 1 saturated heterocycles. The maximum Gasteiger partial charge on any atom is 0.343 e. The van der Waals surface area contributed by atoms with E-state index in [-0.39, 0.29) is 28.3 Å². The molecule has 4 rings (SSSR count). The Bertz CT molecular complexity index is 1290. The number of methoxy groups -OCH3 is 1. The van der Waals surface area contributed by atoms with E-state index in [1.807, 2.05) is 24.3 Å². The van der Waals surface area contributed by atoms with Crippen LogP contribution in [0.5, 0.6) is 11.5 Å². The SMILES string of the molecule is COc1ccc(C(=O)Oc2ccc(Br)cc2/C=C2\SC(=O)N(Cc3ccc(I)cc3)C2=O)cc1. The molecule has 0 aliphatic carbocycles. The fourth-order valence-electron chi connectivity index (χ4n) is 3.16. The zero-order valence-corrected chi connectivity index (χ0v) is 22.3. The van der Waals surface area contributed by atoms with Crippen molar-refractivity contribution >= 4 is 73.5 Å². The number of hydrogen-bond donors (Lipinski definition) is 0. The molecule has 0 aromatic heterocycles. The Morgan fingerprint density at radius 2 is 1.76 bits per heavy atom. The van der Waals surface area contributed by atoms with E-state index in [0.717, 1.165) is 25.4 Å². The van der Waals surface area contributed by atoms with Crippen molar-refractivity contribution in [3.8, 4) is 11.5 Å². The van der Waals surface area contributed by atoms with Crippen LogP contribution in [-0.4, -0.2) is 29.1 Å². The Labute approximate surface area is 222 Å². The van der Waals surface area contributed by atoms with Crippen LogP contribution in [0.2, 0.25) is 0 Å². The van der Waals surface area contributed by atoms with E-state index < -0.39 is 5.97 Å². The number of amides is 2. The van der Waals surface area contributed by atoms with E-state index in [1.165, 1.54) is 4.90 Å². The molecule has 0 saturated carbocycles. The lowest BCUT2D eigenvalue weighted by Crippen LogP contribution is -2.27. The number of benzene rings is 3. The van der Waals surface area contributed by atoms with Crippen molar-refractivity contribution < 1.29 is 23.9 Å².